The van der Waals surface area contributed by atoms with Gasteiger partial charge in [-0.1, -0.05) is 29.8 Å². The van der Waals surface area contributed by atoms with Crippen molar-refractivity contribution in [3.63, 3.8) is 0 Å². The molecule has 1 unspecified atom stereocenters. The third-order valence-corrected chi connectivity index (χ3v) is 5.60. The maximum Gasteiger partial charge on any atom is 0.241 e. The van der Waals surface area contributed by atoms with E-state index in [4.69, 9.17) is 16.3 Å². The summed E-state index contributed by atoms with van der Waals surface area (Å²) >= 11 is 6.12. The van der Waals surface area contributed by atoms with Gasteiger partial charge in [-0.25, -0.2) is 0 Å². The van der Waals surface area contributed by atoms with Crippen molar-refractivity contribution < 1.29 is 14.3 Å². The van der Waals surface area contributed by atoms with Gasteiger partial charge in [0.2, 0.25) is 11.8 Å². The van der Waals surface area contributed by atoms with Crippen molar-refractivity contribution in [2.24, 2.45) is 0 Å². The summed E-state index contributed by atoms with van der Waals surface area (Å²) in [5.41, 5.74) is 1.32. The summed E-state index contributed by atoms with van der Waals surface area (Å²) in [6.45, 7) is 8.14. The number of rotatable bonds is 8. The first-order valence-electron chi connectivity index (χ1n) is 10.4. The molecule has 0 bridgehead atoms. The van der Waals surface area contributed by atoms with Crippen LogP contribution in [0, 0.1) is 0 Å². The molecular weight excluding hydrogens is 416 g/mol. The highest BCUT2D eigenvalue weighted by atomic mass is 35.5. The molecule has 7 nitrogen and oxygen atoms in total. The molecule has 0 saturated carbocycles. The molecule has 2 aromatic rings. The molecule has 2 amide bonds. The molecule has 0 aliphatic carbocycles. The van der Waals surface area contributed by atoms with Crippen LogP contribution in [-0.2, 0) is 9.59 Å². The lowest BCUT2D eigenvalue weighted by Gasteiger charge is -2.37. The van der Waals surface area contributed by atoms with Crippen molar-refractivity contribution >= 4 is 34.8 Å². The van der Waals surface area contributed by atoms with Crippen molar-refractivity contribution in [1.29, 1.82) is 0 Å². The van der Waals surface area contributed by atoms with Crippen molar-refractivity contribution in [1.82, 2.24) is 9.80 Å². The van der Waals surface area contributed by atoms with E-state index in [0.717, 1.165) is 32.7 Å². The monoisotopic (exact) mass is 444 g/mol. The fraction of sp³-hybridized carbons (Fsp3) is 0.391. The quantitative estimate of drug-likeness (QED) is 0.653. The van der Waals surface area contributed by atoms with Crippen LogP contribution in [0.25, 0.3) is 0 Å². The Morgan fingerprint density at radius 1 is 1.03 bits per heavy atom. The number of para-hydroxylation sites is 1. The number of amides is 2. The third-order valence-electron chi connectivity index (χ3n) is 5.29. The standard InChI is InChI=1S/C23H29ClN4O3/c1-17(23(30)26-20-7-5-6-19(16-20)25-18(2)29)28-12-10-27(11-13-28)14-15-31-22-9-4-3-8-21(22)24/h3-9,16-17H,10-15H2,1-2H3,(H,25,29)(H,26,30). The van der Waals surface area contributed by atoms with E-state index in [1.165, 1.54) is 6.92 Å². The Balaban J connectivity index is 1.42. The van der Waals surface area contributed by atoms with Crippen LogP contribution in [0.2, 0.25) is 5.02 Å². The highest BCUT2D eigenvalue weighted by Gasteiger charge is 2.25. The summed E-state index contributed by atoms with van der Waals surface area (Å²) in [5.74, 6) is 0.498. The zero-order chi connectivity index (χ0) is 22.2. The predicted octanol–water partition coefficient (Wildman–Crippen LogP) is 3.32. The van der Waals surface area contributed by atoms with Crippen LogP contribution in [0.1, 0.15) is 13.8 Å². The number of carbonyl (C=O) groups is 2. The summed E-state index contributed by atoms with van der Waals surface area (Å²) < 4.78 is 5.77. The number of piperazine rings is 1. The van der Waals surface area contributed by atoms with E-state index in [2.05, 4.69) is 20.4 Å². The zero-order valence-electron chi connectivity index (χ0n) is 17.9. The molecule has 166 valence electrons. The molecule has 0 spiro atoms. The number of carbonyl (C=O) groups excluding carboxylic acids is 2. The minimum atomic E-state index is -0.244. The summed E-state index contributed by atoms with van der Waals surface area (Å²) in [6, 6.07) is 14.4. The molecule has 0 aromatic heterocycles. The molecule has 31 heavy (non-hydrogen) atoms. The lowest BCUT2D eigenvalue weighted by molar-refractivity contribution is -0.121. The second kappa shape index (κ2) is 11.1. The number of anilines is 2. The third kappa shape index (κ3) is 6.95. The SMILES string of the molecule is CC(=O)Nc1cccc(NC(=O)C(C)N2CCN(CCOc3ccccc3Cl)CC2)c1. The van der Waals surface area contributed by atoms with Gasteiger partial charge in [0.25, 0.3) is 0 Å². The first-order chi connectivity index (χ1) is 14.9. The largest absolute Gasteiger partial charge is 0.491 e. The van der Waals surface area contributed by atoms with Gasteiger partial charge in [0.1, 0.15) is 12.4 Å². The Morgan fingerprint density at radius 3 is 2.39 bits per heavy atom. The lowest BCUT2D eigenvalue weighted by Crippen LogP contribution is -2.53. The molecule has 1 aliphatic heterocycles. The van der Waals surface area contributed by atoms with Gasteiger partial charge in [0, 0.05) is 51.0 Å². The van der Waals surface area contributed by atoms with E-state index in [9.17, 15) is 9.59 Å². The smallest absolute Gasteiger partial charge is 0.241 e. The first kappa shape index (κ1) is 23.1. The number of halogens is 1. The van der Waals surface area contributed by atoms with Crippen LogP contribution in [0.15, 0.2) is 48.5 Å². The highest BCUT2D eigenvalue weighted by Crippen LogP contribution is 2.23. The number of ether oxygens (including phenoxy) is 1. The van der Waals surface area contributed by atoms with Crippen LogP contribution in [0.4, 0.5) is 11.4 Å². The maximum atomic E-state index is 12.7. The number of nitrogens with one attached hydrogen (secondary N) is 2. The second-order valence-electron chi connectivity index (χ2n) is 7.58. The molecule has 1 heterocycles. The molecule has 1 fully saturated rings. The zero-order valence-corrected chi connectivity index (χ0v) is 18.7. The van der Waals surface area contributed by atoms with Crippen LogP contribution in [-0.4, -0.2) is 67.0 Å². The van der Waals surface area contributed by atoms with Gasteiger partial charge in [-0.3, -0.25) is 19.4 Å². The summed E-state index contributed by atoms with van der Waals surface area (Å²) in [5, 5.41) is 6.29. The second-order valence-corrected chi connectivity index (χ2v) is 7.99. The molecule has 1 atom stereocenters. The number of benzene rings is 2. The molecule has 8 heteroatoms. The van der Waals surface area contributed by atoms with E-state index in [-0.39, 0.29) is 17.9 Å². The van der Waals surface area contributed by atoms with Crippen molar-refractivity contribution in [2.45, 2.75) is 19.9 Å². The topological polar surface area (TPSA) is 73.9 Å². The number of hydrogen-bond donors (Lipinski definition) is 2. The Bertz CT molecular complexity index is 900. The lowest BCUT2D eigenvalue weighted by atomic mass is 10.2. The van der Waals surface area contributed by atoms with E-state index in [0.29, 0.717) is 28.8 Å². The minimum absolute atomic E-state index is 0.0597. The molecule has 1 saturated heterocycles. The van der Waals surface area contributed by atoms with E-state index in [1.54, 1.807) is 18.2 Å². The normalized spacial score (nSPS) is 15.8. The Morgan fingerprint density at radius 2 is 1.71 bits per heavy atom. The first-order valence-corrected chi connectivity index (χ1v) is 10.8. The minimum Gasteiger partial charge on any atom is -0.491 e. The van der Waals surface area contributed by atoms with Gasteiger partial charge in [-0.2, -0.15) is 0 Å². The summed E-state index contributed by atoms with van der Waals surface area (Å²) in [7, 11) is 0. The average molecular weight is 445 g/mol. The fourth-order valence-corrected chi connectivity index (χ4v) is 3.70. The predicted molar refractivity (Wildman–Crippen MR) is 124 cm³/mol. The summed E-state index contributed by atoms with van der Waals surface area (Å²) in [4.78, 5) is 28.4. The molecular formula is C23H29ClN4O3. The van der Waals surface area contributed by atoms with E-state index < -0.39 is 0 Å². The van der Waals surface area contributed by atoms with Gasteiger partial charge in [-0.15, -0.1) is 0 Å². The Hall–Kier alpha value is -2.61. The van der Waals surface area contributed by atoms with Gasteiger partial charge in [0.15, 0.2) is 0 Å². The van der Waals surface area contributed by atoms with Gasteiger partial charge in [-0.05, 0) is 37.3 Å². The van der Waals surface area contributed by atoms with Crippen molar-refractivity contribution in [3.8, 4) is 5.75 Å². The molecule has 0 radical (unpaired) electrons. The highest BCUT2D eigenvalue weighted by molar-refractivity contribution is 6.32. The Labute approximate surface area is 188 Å². The fourth-order valence-electron chi connectivity index (χ4n) is 3.51. The number of nitrogens with zero attached hydrogens (tertiary/aromatic N) is 2. The van der Waals surface area contributed by atoms with E-state index >= 15 is 0 Å². The van der Waals surface area contributed by atoms with Gasteiger partial charge < -0.3 is 15.4 Å². The van der Waals surface area contributed by atoms with E-state index in [1.807, 2.05) is 37.3 Å². The molecule has 3 rings (SSSR count). The Kier molecular flexibility index (Phi) is 8.28. The average Bonchev–Trinajstić information content (AvgIpc) is 2.75. The van der Waals surface area contributed by atoms with Crippen LogP contribution < -0.4 is 15.4 Å². The molecule has 2 N–H and O–H groups in total. The number of hydrogen-bond acceptors (Lipinski definition) is 5. The molecule has 1 aliphatic rings. The summed E-state index contributed by atoms with van der Waals surface area (Å²) in [6.07, 6.45) is 0. The van der Waals surface area contributed by atoms with Crippen molar-refractivity contribution in [3.05, 3.63) is 53.6 Å². The van der Waals surface area contributed by atoms with Crippen molar-refractivity contribution in [2.75, 3.05) is 50.0 Å². The van der Waals surface area contributed by atoms with Gasteiger partial charge >= 0.3 is 0 Å². The van der Waals surface area contributed by atoms with Crippen LogP contribution in [0.3, 0.4) is 0 Å². The molecule has 2 aromatic carbocycles. The maximum absolute atomic E-state index is 12.7. The van der Waals surface area contributed by atoms with Gasteiger partial charge in [0.05, 0.1) is 11.1 Å². The van der Waals surface area contributed by atoms with Crippen LogP contribution >= 0.6 is 11.6 Å². The van der Waals surface area contributed by atoms with Crippen LogP contribution in [0.5, 0.6) is 5.75 Å².